The molecule has 6 rings (SSSR count). The Morgan fingerprint density at radius 2 is 1.48 bits per heavy atom. The predicted molar refractivity (Wildman–Crippen MR) is 115 cm³/mol. The minimum absolute atomic E-state index is 0.0155. The maximum Gasteiger partial charge on any atom is 0.240 e. The van der Waals surface area contributed by atoms with Crippen LogP contribution in [0.2, 0.25) is 0 Å². The first-order chi connectivity index (χ1) is 14.8. The smallest absolute Gasteiger partial charge is 0.240 e. The van der Waals surface area contributed by atoms with E-state index in [-0.39, 0.29) is 34.7 Å². The van der Waals surface area contributed by atoms with Gasteiger partial charge in [-0.05, 0) is 86.8 Å². The SMILES string of the molecule is O=C(CNC(=O)C12CC3CC(CC(C3)C1)C2)NCc1ccc(S(=O)(=O)NC2CC2)cc1. The second-order valence-corrected chi connectivity index (χ2v) is 11.9. The third kappa shape index (κ3) is 4.51. The van der Waals surface area contributed by atoms with Gasteiger partial charge in [0.1, 0.15) is 0 Å². The number of rotatable bonds is 8. The monoisotopic (exact) mass is 445 g/mol. The molecule has 0 aliphatic heterocycles. The molecule has 2 amide bonds. The van der Waals surface area contributed by atoms with Gasteiger partial charge in [0, 0.05) is 18.0 Å². The predicted octanol–water partition coefficient (Wildman–Crippen LogP) is 2.08. The zero-order valence-corrected chi connectivity index (χ0v) is 18.5. The van der Waals surface area contributed by atoms with Gasteiger partial charge in [-0.1, -0.05) is 12.1 Å². The fourth-order valence-corrected chi connectivity index (χ4v) is 7.58. The van der Waals surface area contributed by atoms with Crippen LogP contribution >= 0.6 is 0 Å². The van der Waals surface area contributed by atoms with E-state index >= 15 is 0 Å². The summed E-state index contributed by atoms with van der Waals surface area (Å²) in [4.78, 5) is 25.4. The Balaban J connectivity index is 1.09. The lowest BCUT2D eigenvalue weighted by Gasteiger charge is -2.55. The van der Waals surface area contributed by atoms with Gasteiger partial charge in [-0.25, -0.2) is 13.1 Å². The third-order valence-electron chi connectivity index (χ3n) is 7.55. The molecule has 31 heavy (non-hydrogen) atoms. The lowest BCUT2D eigenvalue weighted by atomic mass is 9.49. The number of carbonyl (C=O) groups is 2. The second kappa shape index (κ2) is 7.89. The average Bonchev–Trinajstić information content (AvgIpc) is 3.53. The maximum absolute atomic E-state index is 12.9. The van der Waals surface area contributed by atoms with Crippen LogP contribution in [0.5, 0.6) is 0 Å². The van der Waals surface area contributed by atoms with E-state index in [0.29, 0.717) is 24.3 Å². The summed E-state index contributed by atoms with van der Waals surface area (Å²) in [5, 5.41) is 5.70. The molecule has 1 aromatic carbocycles. The molecule has 5 aliphatic carbocycles. The lowest BCUT2D eigenvalue weighted by Crippen LogP contribution is -2.54. The molecule has 4 bridgehead atoms. The van der Waals surface area contributed by atoms with E-state index in [1.54, 1.807) is 24.3 Å². The largest absolute Gasteiger partial charge is 0.350 e. The van der Waals surface area contributed by atoms with Crippen LogP contribution in [0.1, 0.15) is 56.9 Å². The summed E-state index contributed by atoms with van der Waals surface area (Å²) in [6.07, 6.45) is 8.58. The number of carbonyl (C=O) groups excluding carboxylic acids is 2. The molecule has 0 aromatic heterocycles. The summed E-state index contributed by atoms with van der Waals surface area (Å²) in [7, 11) is -3.47. The zero-order chi connectivity index (χ0) is 21.6. The molecular formula is C23H31N3O4S. The van der Waals surface area contributed by atoms with Crippen LogP contribution < -0.4 is 15.4 Å². The highest BCUT2D eigenvalue weighted by Gasteiger charge is 2.54. The Morgan fingerprint density at radius 1 is 0.903 bits per heavy atom. The molecule has 5 fully saturated rings. The van der Waals surface area contributed by atoms with Crippen LogP contribution in [0, 0.1) is 23.2 Å². The van der Waals surface area contributed by atoms with Gasteiger partial charge < -0.3 is 10.6 Å². The standard InChI is InChI=1S/C23H31N3O4S/c27-21(14-25-22(28)23-10-16-7-17(11-23)9-18(8-16)12-23)24-13-15-1-5-20(6-2-15)31(29,30)26-19-3-4-19/h1-2,5-6,16-19,26H,3-4,7-14H2,(H,24,27)(H,25,28). The minimum atomic E-state index is -3.47. The lowest BCUT2D eigenvalue weighted by molar-refractivity contribution is -0.147. The highest BCUT2D eigenvalue weighted by atomic mass is 32.2. The molecule has 3 N–H and O–H groups in total. The van der Waals surface area contributed by atoms with Crippen molar-refractivity contribution in [3.8, 4) is 0 Å². The van der Waals surface area contributed by atoms with E-state index < -0.39 is 10.0 Å². The Kier molecular flexibility index (Phi) is 5.33. The number of sulfonamides is 1. The number of benzene rings is 1. The molecule has 0 atom stereocenters. The Hall–Kier alpha value is -1.93. The molecule has 0 heterocycles. The van der Waals surface area contributed by atoms with Crippen LogP contribution in [-0.2, 0) is 26.2 Å². The number of hydrogen-bond acceptors (Lipinski definition) is 4. The van der Waals surface area contributed by atoms with E-state index in [0.717, 1.165) is 37.7 Å². The van der Waals surface area contributed by atoms with Crippen LogP contribution in [0.4, 0.5) is 0 Å². The molecule has 0 spiro atoms. The van der Waals surface area contributed by atoms with E-state index in [1.807, 2.05) is 0 Å². The van der Waals surface area contributed by atoms with Gasteiger partial charge in [0.2, 0.25) is 21.8 Å². The van der Waals surface area contributed by atoms with Crippen molar-refractivity contribution in [2.24, 2.45) is 23.2 Å². The number of hydrogen-bond donors (Lipinski definition) is 3. The average molecular weight is 446 g/mol. The summed E-state index contributed by atoms with van der Waals surface area (Å²) in [6.45, 7) is 0.279. The van der Waals surface area contributed by atoms with Crippen molar-refractivity contribution in [1.82, 2.24) is 15.4 Å². The van der Waals surface area contributed by atoms with Gasteiger partial charge in [0.25, 0.3) is 0 Å². The van der Waals surface area contributed by atoms with Gasteiger partial charge >= 0.3 is 0 Å². The fourth-order valence-electron chi connectivity index (χ4n) is 6.28. The van der Waals surface area contributed by atoms with Gasteiger partial charge in [0.15, 0.2) is 0 Å². The Bertz CT molecular complexity index is 934. The minimum Gasteiger partial charge on any atom is -0.350 e. The van der Waals surface area contributed by atoms with Crippen molar-refractivity contribution in [1.29, 1.82) is 0 Å². The van der Waals surface area contributed by atoms with Crippen LogP contribution in [0.15, 0.2) is 29.2 Å². The van der Waals surface area contributed by atoms with Crippen molar-refractivity contribution < 1.29 is 18.0 Å². The molecule has 1 aromatic rings. The first kappa shape index (κ1) is 20.9. The maximum atomic E-state index is 12.9. The van der Waals surface area contributed by atoms with Gasteiger partial charge in [-0.15, -0.1) is 0 Å². The molecular weight excluding hydrogens is 414 g/mol. The van der Waals surface area contributed by atoms with E-state index in [4.69, 9.17) is 0 Å². The first-order valence-electron chi connectivity index (χ1n) is 11.5. The van der Waals surface area contributed by atoms with E-state index in [9.17, 15) is 18.0 Å². The summed E-state index contributed by atoms with van der Waals surface area (Å²) >= 11 is 0. The number of amides is 2. The second-order valence-electron chi connectivity index (χ2n) is 10.2. The summed E-state index contributed by atoms with van der Waals surface area (Å²) < 4.78 is 27.1. The summed E-state index contributed by atoms with van der Waals surface area (Å²) in [5.74, 6) is 1.90. The Morgan fingerprint density at radius 3 is 2.03 bits per heavy atom. The molecule has 5 saturated carbocycles. The van der Waals surface area contributed by atoms with E-state index in [1.165, 1.54) is 19.3 Å². The quantitative estimate of drug-likeness (QED) is 0.570. The first-order valence-corrected chi connectivity index (χ1v) is 13.0. The van der Waals surface area contributed by atoms with Crippen molar-refractivity contribution in [3.63, 3.8) is 0 Å². The van der Waals surface area contributed by atoms with Crippen molar-refractivity contribution in [3.05, 3.63) is 29.8 Å². The Labute approximate surface area is 183 Å². The van der Waals surface area contributed by atoms with Crippen molar-refractivity contribution >= 4 is 21.8 Å². The van der Waals surface area contributed by atoms with Crippen LogP contribution in [0.3, 0.4) is 0 Å². The molecule has 0 radical (unpaired) electrons. The van der Waals surface area contributed by atoms with Crippen LogP contribution in [-0.4, -0.2) is 32.8 Å². The molecule has 7 nitrogen and oxygen atoms in total. The molecule has 0 saturated heterocycles. The van der Waals surface area contributed by atoms with E-state index in [2.05, 4.69) is 15.4 Å². The molecule has 5 aliphatic rings. The molecule has 168 valence electrons. The topological polar surface area (TPSA) is 104 Å². The highest BCUT2D eigenvalue weighted by molar-refractivity contribution is 7.89. The van der Waals surface area contributed by atoms with Gasteiger partial charge in [-0.3, -0.25) is 9.59 Å². The fraction of sp³-hybridized carbons (Fsp3) is 0.652. The summed E-state index contributed by atoms with van der Waals surface area (Å²) in [5.41, 5.74) is 0.566. The summed E-state index contributed by atoms with van der Waals surface area (Å²) in [6, 6.07) is 6.59. The molecule has 0 unspecified atom stereocenters. The highest BCUT2D eigenvalue weighted by Crippen LogP contribution is 2.60. The third-order valence-corrected chi connectivity index (χ3v) is 9.09. The molecule has 8 heteroatoms. The zero-order valence-electron chi connectivity index (χ0n) is 17.7. The van der Waals surface area contributed by atoms with Gasteiger partial charge in [-0.2, -0.15) is 0 Å². The number of nitrogens with one attached hydrogen (secondary N) is 3. The van der Waals surface area contributed by atoms with Crippen molar-refractivity contribution in [2.45, 2.75) is 68.8 Å². The normalized spacial score (nSPS) is 31.4. The van der Waals surface area contributed by atoms with Gasteiger partial charge in [0.05, 0.1) is 11.4 Å². The van der Waals surface area contributed by atoms with Crippen LogP contribution in [0.25, 0.3) is 0 Å². The van der Waals surface area contributed by atoms with Crippen molar-refractivity contribution in [2.75, 3.05) is 6.54 Å².